The zero-order valence-corrected chi connectivity index (χ0v) is 12.3. The van der Waals surface area contributed by atoms with Gasteiger partial charge in [-0.3, -0.25) is 0 Å². The topological polar surface area (TPSA) is 57.1 Å². The van der Waals surface area contributed by atoms with Crippen LogP contribution in [0.5, 0.6) is 11.5 Å². The first-order chi connectivity index (χ1) is 10.2. The predicted molar refractivity (Wildman–Crippen MR) is 80.9 cm³/mol. The summed E-state index contributed by atoms with van der Waals surface area (Å²) < 4.78 is 10.5. The maximum absolute atomic E-state index is 5.77. The van der Waals surface area contributed by atoms with Crippen LogP contribution in [0.15, 0.2) is 36.5 Å². The van der Waals surface area contributed by atoms with Crippen LogP contribution in [0.1, 0.15) is 0 Å². The minimum absolute atomic E-state index is 0.211. The van der Waals surface area contributed by atoms with E-state index >= 15 is 0 Å². The molecule has 0 aliphatic rings. The molecule has 0 atom stereocenters. The molecule has 2 aromatic heterocycles. The third-order valence-electron chi connectivity index (χ3n) is 3.09. The molecule has 0 saturated heterocycles. The summed E-state index contributed by atoms with van der Waals surface area (Å²) in [6.07, 6.45) is 1.61. The first-order valence-corrected chi connectivity index (χ1v) is 6.61. The number of benzene rings is 1. The van der Waals surface area contributed by atoms with Gasteiger partial charge in [-0.25, -0.2) is 15.0 Å². The summed E-state index contributed by atoms with van der Waals surface area (Å²) in [4.78, 5) is 12.6. The molecule has 0 spiro atoms. The lowest BCUT2D eigenvalue weighted by molar-refractivity contribution is 0.355. The lowest BCUT2D eigenvalue weighted by Gasteiger charge is -2.09. The lowest BCUT2D eigenvalue weighted by atomic mass is 10.1. The zero-order valence-electron chi connectivity index (χ0n) is 11.5. The molecule has 106 valence electrons. The van der Waals surface area contributed by atoms with Crippen molar-refractivity contribution in [3.63, 3.8) is 0 Å². The van der Waals surface area contributed by atoms with Crippen LogP contribution in [0.4, 0.5) is 0 Å². The summed E-state index contributed by atoms with van der Waals surface area (Å²) >= 11 is 5.77. The van der Waals surface area contributed by atoms with Crippen molar-refractivity contribution in [1.82, 2.24) is 15.0 Å². The average molecular weight is 302 g/mol. The molecule has 0 aliphatic carbocycles. The van der Waals surface area contributed by atoms with Gasteiger partial charge in [0.05, 0.1) is 31.6 Å². The Morgan fingerprint density at radius 3 is 2.48 bits per heavy atom. The second-order valence-electron chi connectivity index (χ2n) is 4.31. The van der Waals surface area contributed by atoms with E-state index in [0.717, 1.165) is 11.3 Å². The van der Waals surface area contributed by atoms with Crippen molar-refractivity contribution in [3.05, 3.63) is 41.8 Å². The van der Waals surface area contributed by atoms with E-state index in [4.69, 9.17) is 21.1 Å². The molecule has 0 aliphatic heterocycles. The van der Waals surface area contributed by atoms with E-state index in [1.54, 1.807) is 20.4 Å². The number of methoxy groups -OCH3 is 2. The monoisotopic (exact) mass is 301 g/mol. The molecular weight excluding hydrogens is 290 g/mol. The number of rotatable bonds is 3. The number of ether oxygens (including phenoxy) is 2. The molecule has 0 N–H and O–H groups in total. The van der Waals surface area contributed by atoms with E-state index < -0.39 is 0 Å². The molecule has 21 heavy (non-hydrogen) atoms. The molecule has 2 heterocycles. The first-order valence-electron chi connectivity index (χ1n) is 6.23. The first kappa shape index (κ1) is 13.6. The van der Waals surface area contributed by atoms with Crippen molar-refractivity contribution in [2.24, 2.45) is 0 Å². The van der Waals surface area contributed by atoms with E-state index in [-0.39, 0.29) is 5.28 Å². The van der Waals surface area contributed by atoms with Gasteiger partial charge < -0.3 is 9.47 Å². The van der Waals surface area contributed by atoms with E-state index in [1.165, 1.54) is 0 Å². The van der Waals surface area contributed by atoms with Gasteiger partial charge in [0.15, 0.2) is 11.5 Å². The van der Waals surface area contributed by atoms with Gasteiger partial charge >= 0.3 is 0 Å². The van der Waals surface area contributed by atoms with Crippen LogP contribution < -0.4 is 9.47 Å². The van der Waals surface area contributed by atoms with Crippen molar-refractivity contribution in [1.29, 1.82) is 0 Å². The summed E-state index contributed by atoms with van der Waals surface area (Å²) in [5, 5.41) is 0.211. The zero-order chi connectivity index (χ0) is 14.8. The highest BCUT2D eigenvalue weighted by Gasteiger charge is 2.08. The second-order valence-corrected chi connectivity index (χ2v) is 4.65. The number of fused-ring (bicyclic) bond motifs is 1. The van der Waals surface area contributed by atoms with E-state index in [9.17, 15) is 0 Å². The SMILES string of the molecule is COc1ccc(-c2ccc3nc(Cl)ncc3n2)cc1OC. The minimum Gasteiger partial charge on any atom is -0.493 e. The highest BCUT2D eigenvalue weighted by molar-refractivity contribution is 6.28. The van der Waals surface area contributed by atoms with Crippen molar-refractivity contribution >= 4 is 22.6 Å². The van der Waals surface area contributed by atoms with Crippen molar-refractivity contribution in [2.75, 3.05) is 14.2 Å². The van der Waals surface area contributed by atoms with Gasteiger partial charge in [0.25, 0.3) is 0 Å². The highest BCUT2D eigenvalue weighted by Crippen LogP contribution is 2.32. The number of hydrogen-bond donors (Lipinski definition) is 0. The van der Waals surface area contributed by atoms with E-state index in [2.05, 4.69) is 15.0 Å². The van der Waals surface area contributed by atoms with Crippen molar-refractivity contribution in [2.45, 2.75) is 0 Å². The Balaban J connectivity index is 2.09. The largest absolute Gasteiger partial charge is 0.493 e. The fourth-order valence-electron chi connectivity index (χ4n) is 2.06. The minimum atomic E-state index is 0.211. The average Bonchev–Trinajstić information content (AvgIpc) is 2.53. The molecule has 3 rings (SSSR count). The smallest absolute Gasteiger partial charge is 0.223 e. The van der Waals surface area contributed by atoms with Crippen LogP contribution in [-0.4, -0.2) is 29.2 Å². The number of pyridine rings is 1. The Kier molecular flexibility index (Phi) is 3.58. The van der Waals surface area contributed by atoms with Gasteiger partial charge in [-0.15, -0.1) is 0 Å². The molecule has 5 nitrogen and oxygen atoms in total. The summed E-state index contributed by atoms with van der Waals surface area (Å²) in [6.45, 7) is 0. The number of hydrogen-bond acceptors (Lipinski definition) is 5. The Labute approximate surface area is 126 Å². The Bertz CT molecular complexity index is 808. The van der Waals surface area contributed by atoms with Gasteiger partial charge in [-0.05, 0) is 41.9 Å². The van der Waals surface area contributed by atoms with E-state index in [0.29, 0.717) is 22.5 Å². The summed E-state index contributed by atoms with van der Waals surface area (Å²) in [5.74, 6) is 1.33. The molecule has 3 aromatic rings. The number of halogens is 1. The normalized spacial score (nSPS) is 10.6. The summed E-state index contributed by atoms with van der Waals surface area (Å²) in [6, 6.07) is 9.39. The van der Waals surface area contributed by atoms with Crippen LogP contribution in [0.25, 0.3) is 22.3 Å². The Hall–Kier alpha value is -2.40. The van der Waals surface area contributed by atoms with Crippen LogP contribution in [0.2, 0.25) is 5.28 Å². The maximum Gasteiger partial charge on any atom is 0.223 e. The van der Waals surface area contributed by atoms with Gasteiger partial charge in [-0.2, -0.15) is 0 Å². The Morgan fingerprint density at radius 1 is 0.905 bits per heavy atom. The maximum atomic E-state index is 5.77. The van der Waals surface area contributed by atoms with Crippen molar-refractivity contribution < 1.29 is 9.47 Å². The summed E-state index contributed by atoms with van der Waals surface area (Å²) in [7, 11) is 3.21. The van der Waals surface area contributed by atoms with E-state index in [1.807, 2.05) is 30.3 Å². The third kappa shape index (κ3) is 2.60. The summed E-state index contributed by atoms with van der Waals surface area (Å²) in [5.41, 5.74) is 3.12. The van der Waals surface area contributed by atoms with Gasteiger partial charge in [0.1, 0.15) is 5.52 Å². The molecule has 0 fully saturated rings. The predicted octanol–water partition coefficient (Wildman–Crippen LogP) is 3.36. The highest BCUT2D eigenvalue weighted by atomic mass is 35.5. The third-order valence-corrected chi connectivity index (χ3v) is 3.27. The molecule has 0 radical (unpaired) electrons. The molecule has 0 unspecified atom stereocenters. The van der Waals surface area contributed by atoms with Crippen molar-refractivity contribution in [3.8, 4) is 22.8 Å². The van der Waals surface area contributed by atoms with Gasteiger partial charge in [0, 0.05) is 5.56 Å². The quantitative estimate of drug-likeness (QED) is 0.694. The van der Waals surface area contributed by atoms with Gasteiger partial charge in [0.2, 0.25) is 5.28 Å². The number of aromatic nitrogens is 3. The fourth-order valence-corrected chi connectivity index (χ4v) is 2.20. The molecule has 0 saturated carbocycles. The molecular formula is C15H12ClN3O2. The van der Waals surface area contributed by atoms with Crippen LogP contribution >= 0.6 is 11.6 Å². The van der Waals surface area contributed by atoms with Crippen LogP contribution in [0.3, 0.4) is 0 Å². The molecule has 1 aromatic carbocycles. The second kappa shape index (κ2) is 5.54. The van der Waals surface area contributed by atoms with Crippen LogP contribution in [-0.2, 0) is 0 Å². The molecule has 0 bridgehead atoms. The van der Waals surface area contributed by atoms with Crippen LogP contribution in [0, 0.1) is 0 Å². The molecule has 0 amide bonds. The number of nitrogens with zero attached hydrogens (tertiary/aromatic N) is 3. The fraction of sp³-hybridized carbons (Fsp3) is 0.133. The van der Waals surface area contributed by atoms with Gasteiger partial charge in [-0.1, -0.05) is 0 Å². The molecule has 6 heteroatoms. The Morgan fingerprint density at radius 2 is 1.71 bits per heavy atom. The standard InChI is InChI=1S/C15H12ClN3O2/c1-20-13-6-3-9(7-14(13)21-2)10-4-5-11-12(18-10)8-17-15(16)19-11/h3-8H,1-2H3. The lowest BCUT2D eigenvalue weighted by Crippen LogP contribution is -1.93.